The second-order valence-corrected chi connectivity index (χ2v) is 8.37. The van der Waals surface area contributed by atoms with E-state index < -0.39 is 30.4 Å². The molecule has 4 aromatic rings. The quantitative estimate of drug-likeness (QED) is 0.292. The summed E-state index contributed by atoms with van der Waals surface area (Å²) in [6.07, 6.45) is 0. The number of rotatable bonds is 7. The van der Waals surface area contributed by atoms with Gasteiger partial charge in [-0.25, -0.2) is 19.4 Å². The Morgan fingerprint density at radius 2 is 1.64 bits per heavy atom. The maximum atomic E-state index is 13.0. The van der Waals surface area contributed by atoms with Crippen LogP contribution in [-0.2, 0) is 19.0 Å². The molecular weight excluding hydrogens is 484 g/mol. The molecule has 0 unspecified atom stereocenters. The summed E-state index contributed by atoms with van der Waals surface area (Å²) in [5.74, 6) is -2.80. The minimum absolute atomic E-state index is 0.0140. The first-order valence-electron chi connectivity index (χ1n) is 10.6. The lowest BCUT2D eigenvalue weighted by Gasteiger charge is -2.12. The molecule has 2 heterocycles. The van der Waals surface area contributed by atoms with Gasteiger partial charge in [-0.1, -0.05) is 24.3 Å². The van der Waals surface area contributed by atoms with Crippen molar-refractivity contribution in [2.75, 3.05) is 26.1 Å². The van der Waals surface area contributed by atoms with Gasteiger partial charge in [0.2, 0.25) is 0 Å². The number of thiophene rings is 1. The topological polar surface area (TPSA) is 121 Å². The molecule has 0 aliphatic carbocycles. The molecule has 0 saturated carbocycles. The van der Waals surface area contributed by atoms with Gasteiger partial charge in [-0.05, 0) is 41.8 Å². The van der Waals surface area contributed by atoms with E-state index in [1.54, 1.807) is 24.3 Å². The predicted octanol–water partition coefficient (Wildman–Crippen LogP) is 4.33. The van der Waals surface area contributed by atoms with Gasteiger partial charge in [-0.2, -0.15) is 0 Å². The van der Waals surface area contributed by atoms with E-state index in [1.165, 1.54) is 43.8 Å². The molecule has 0 aliphatic heterocycles. The van der Waals surface area contributed by atoms with Crippen LogP contribution in [0.5, 0.6) is 0 Å². The highest BCUT2D eigenvalue weighted by Crippen LogP contribution is 2.28. The van der Waals surface area contributed by atoms with Crippen molar-refractivity contribution in [2.45, 2.75) is 0 Å². The number of anilines is 1. The number of nitrogens with zero attached hydrogens (tertiary/aromatic N) is 1. The minimum Gasteiger partial charge on any atom is -0.465 e. The highest BCUT2D eigenvalue weighted by atomic mass is 32.1. The van der Waals surface area contributed by atoms with Gasteiger partial charge in [0.25, 0.3) is 5.91 Å². The fourth-order valence-electron chi connectivity index (χ4n) is 3.47. The van der Waals surface area contributed by atoms with Gasteiger partial charge >= 0.3 is 17.9 Å². The molecule has 2 aromatic carbocycles. The van der Waals surface area contributed by atoms with E-state index in [-0.39, 0.29) is 22.4 Å². The summed E-state index contributed by atoms with van der Waals surface area (Å²) in [5, 5.41) is 4.98. The molecule has 9 nitrogen and oxygen atoms in total. The first kappa shape index (κ1) is 24.6. The van der Waals surface area contributed by atoms with Crippen LogP contribution in [0, 0.1) is 0 Å². The van der Waals surface area contributed by atoms with Crippen molar-refractivity contribution in [1.82, 2.24) is 4.98 Å². The molecule has 1 N–H and O–H groups in total. The van der Waals surface area contributed by atoms with Crippen molar-refractivity contribution >= 4 is 51.7 Å². The number of hydrogen-bond acceptors (Lipinski definition) is 9. The normalized spacial score (nSPS) is 10.5. The summed E-state index contributed by atoms with van der Waals surface area (Å²) in [7, 11) is 2.40. The van der Waals surface area contributed by atoms with Crippen molar-refractivity contribution < 1.29 is 33.4 Å². The van der Waals surface area contributed by atoms with Gasteiger partial charge < -0.3 is 19.5 Å². The number of ether oxygens (including phenoxy) is 3. The van der Waals surface area contributed by atoms with Crippen molar-refractivity contribution in [1.29, 1.82) is 0 Å². The van der Waals surface area contributed by atoms with E-state index in [0.717, 1.165) is 4.88 Å². The largest absolute Gasteiger partial charge is 0.465 e. The van der Waals surface area contributed by atoms with Gasteiger partial charge in [0.15, 0.2) is 6.61 Å². The summed E-state index contributed by atoms with van der Waals surface area (Å²) in [6, 6.07) is 16.5. The number of methoxy groups -OCH3 is 2. The summed E-state index contributed by atoms with van der Waals surface area (Å²) < 4.78 is 14.7. The molecule has 10 heteroatoms. The van der Waals surface area contributed by atoms with Crippen molar-refractivity contribution in [2.24, 2.45) is 0 Å². The zero-order valence-electron chi connectivity index (χ0n) is 19.3. The molecule has 0 radical (unpaired) electrons. The number of esters is 3. The molecule has 0 bridgehead atoms. The zero-order valence-corrected chi connectivity index (χ0v) is 20.1. The van der Waals surface area contributed by atoms with Gasteiger partial charge in [0, 0.05) is 5.39 Å². The number of benzene rings is 2. The van der Waals surface area contributed by atoms with Crippen molar-refractivity contribution in [3.05, 3.63) is 82.7 Å². The van der Waals surface area contributed by atoms with Crippen LogP contribution in [0.4, 0.5) is 5.69 Å². The monoisotopic (exact) mass is 504 g/mol. The third-order valence-electron chi connectivity index (χ3n) is 5.16. The van der Waals surface area contributed by atoms with E-state index in [0.29, 0.717) is 16.6 Å². The van der Waals surface area contributed by atoms with E-state index >= 15 is 0 Å². The molecule has 2 aromatic heterocycles. The Balaban J connectivity index is 1.55. The van der Waals surface area contributed by atoms with Crippen LogP contribution < -0.4 is 5.32 Å². The average Bonchev–Trinajstić information content (AvgIpc) is 3.45. The fraction of sp³-hybridized carbons (Fsp3) is 0.115. The second kappa shape index (κ2) is 10.8. The van der Waals surface area contributed by atoms with E-state index in [2.05, 4.69) is 15.0 Å². The standard InChI is InChI=1S/C26H20N2O7S/c1-33-24(30)15-9-10-17(25(31)34-2)20(12-15)28-23(29)14-35-26(32)18-13-21(22-8-5-11-36-22)27-19-7-4-3-6-16(18)19/h3-13H,14H2,1-2H3,(H,28,29). The number of amides is 1. The van der Waals surface area contributed by atoms with Crippen molar-refractivity contribution in [3.63, 3.8) is 0 Å². The van der Waals surface area contributed by atoms with Crippen LogP contribution in [0.2, 0.25) is 0 Å². The summed E-state index contributed by atoms with van der Waals surface area (Å²) in [6.45, 7) is -0.632. The molecule has 4 rings (SSSR count). The first-order valence-corrected chi connectivity index (χ1v) is 11.5. The lowest BCUT2D eigenvalue weighted by molar-refractivity contribution is -0.119. The molecule has 0 fully saturated rings. The predicted molar refractivity (Wildman–Crippen MR) is 133 cm³/mol. The molecule has 0 atom stereocenters. The van der Waals surface area contributed by atoms with Crippen molar-refractivity contribution in [3.8, 4) is 10.6 Å². The van der Waals surface area contributed by atoms with Crippen LogP contribution in [0.25, 0.3) is 21.5 Å². The molecule has 36 heavy (non-hydrogen) atoms. The summed E-state index contributed by atoms with van der Waals surface area (Å²) in [5.41, 5.74) is 1.64. The number of para-hydroxylation sites is 1. The summed E-state index contributed by atoms with van der Waals surface area (Å²) >= 11 is 1.49. The Bertz CT molecular complexity index is 1460. The smallest absolute Gasteiger partial charge is 0.339 e. The number of nitrogens with one attached hydrogen (secondary N) is 1. The molecule has 0 saturated heterocycles. The minimum atomic E-state index is -0.719. The number of carbonyl (C=O) groups is 4. The first-order chi connectivity index (χ1) is 17.4. The molecule has 182 valence electrons. The number of hydrogen-bond donors (Lipinski definition) is 1. The van der Waals surface area contributed by atoms with Crippen LogP contribution in [0.15, 0.2) is 66.0 Å². The van der Waals surface area contributed by atoms with E-state index in [4.69, 9.17) is 9.47 Å². The number of fused-ring (bicyclic) bond motifs is 1. The lowest BCUT2D eigenvalue weighted by Crippen LogP contribution is -2.23. The Morgan fingerprint density at radius 1 is 0.861 bits per heavy atom. The maximum Gasteiger partial charge on any atom is 0.339 e. The zero-order chi connectivity index (χ0) is 25.7. The molecule has 0 spiro atoms. The van der Waals surface area contributed by atoms with Gasteiger partial charge in [0.05, 0.1) is 52.7 Å². The number of aromatic nitrogens is 1. The molecule has 1 amide bonds. The summed E-state index contributed by atoms with van der Waals surface area (Å²) in [4.78, 5) is 55.1. The Morgan fingerprint density at radius 3 is 2.36 bits per heavy atom. The third kappa shape index (κ3) is 5.23. The molecular formula is C26H20N2O7S. The average molecular weight is 505 g/mol. The third-order valence-corrected chi connectivity index (χ3v) is 6.06. The van der Waals surface area contributed by atoms with Crippen LogP contribution in [0.3, 0.4) is 0 Å². The van der Waals surface area contributed by atoms with Gasteiger partial charge in [-0.15, -0.1) is 11.3 Å². The second-order valence-electron chi connectivity index (χ2n) is 7.42. The SMILES string of the molecule is COC(=O)c1ccc(C(=O)OC)c(NC(=O)COC(=O)c2cc(-c3cccs3)nc3ccccc23)c1. The maximum absolute atomic E-state index is 13.0. The Hall–Kier alpha value is -4.57. The number of pyridine rings is 1. The fourth-order valence-corrected chi connectivity index (χ4v) is 4.16. The Kier molecular flexibility index (Phi) is 7.36. The van der Waals surface area contributed by atoms with Crippen LogP contribution >= 0.6 is 11.3 Å². The Labute approximate surface area is 209 Å². The van der Waals surface area contributed by atoms with Gasteiger partial charge in [0.1, 0.15) is 0 Å². The molecule has 0 aliphatic rings. The van der Waals surface area contributed by atoms with Gasteiger partial charge in [-0.3, -0.25) is 4.79 Å². The van der Waals surface area contributed by atoms with Crippen LogP contribution in [0.1, 0.15) is 31.1 Å². The van der Waals surface area contributed by atoms with Crippen LogP contribution in [-0.4, -0.2) is 49.6 Å². The highest BCUT2D eigenvalue weighted by molar-refractivity contribution is 7.13. The highest BCUT2D eigenvalue weighted by Gasteiger charge is 2.20. The lowest BCUT2D eigenvalue weighted by atomic mass is 10.1. The van der Waals surface area contributed by atoms with E-state index in [1.807, 2.05) is 23.6 Å². The van der Waals surface area contributed by atoms with E-state index in [9.17, 15) is 19.2 Å². The number of carbonyl (C=O) groups excluding carboxylic acids is 4.